The van der Waals surface area contributed by atoms with Gasteiger partial charge < -0.3 is 10.0 Å². The lowest BCUT2D eigenvalue weighted by atomic mass is 10.3. The van der Waals surface area contributed by atoms with Crippen LogP contribution in [-0.4, -0.2) is 24.0 Å². The average molecular weight is 209 g/mol. The summed E-state index contributed by atoms with van der Waals surface area (Å²) in [6, 6.07) is 9.56. The third-order valence-electron chi connectivity index (χ3n) is 1.62. The van der Waals surface area contributed by atoms with Crippen molar-refractivity contribution in [2.75, 3.05) is 11.9 Å². The van der Waals surface area contributed by atoms with Crippen LogP contribution in [0.5, 0.6) is 0 Å². The van der Waals surface area contributed by atoms with Crippen molar-refractivity contribution in [3.8, 4) is 0 Å². The van der Waals surface area contributed by atoms with Gasteiger partial charge in [0.2, 0.25) is 5.91 Å². The SMILES string of the molecule is CC(=O)N(C)c1ccccc1.CC(=O)O. The highest BCUT2D eigenvalue weighted by atomic mass is 16.4. The number of anilines is 1. The molecule has 4 heteroatoms. The lowest BCUT2D eigenvalue weighted by Gasteiger charge is -2.13. The molecule has 0 saturated heterocycles. The Bertz CT molecular complexity index is 318. The number of nitrogens with zero attached hydrogens (tertiary/aromatic N) is 1. The van der Waals surface area contributed by atoms with E-state index < -0.39 is 5.97 Å². The molecule has 0 aliphatic rings. The van der Waals surface area contributed by atoms with E-state index in [1.54, 1.807) is 18.9 Å². The van der Waals surface area contributed by atoms with Crippen molar-refractivity contribution in [1.29, 1.82) is 0 Å². The first kappa shape index (κ1) is 13.2. The summed E-state index contributed by atoms with van der Waals surface area (Å²) in [7, 11) is 1.76. The minimum atomic E-state index is -0.833. The van der Waals surface area contributed by atoms with Crippen LogP contribution in [0, 0.1) is 0 Å². The van der Waals surface area contributed by atoms with E-state index in [9.17, 15) is 4.79 Å². The molecule has 0 spiro atoms. The third-order valence-corrected chi connectivity index (χ3v) is 1.62. The van der Waals surface area contributed by atoms with Gasteiger partial charge in [-0.2, -0.15) is 0 Å². The zero-order chi connectivity index (χ0) is 11.8. The van der Waals surface area contributed by atoms with Crippen LogP contribution in [0.25, 0.3) is 0 Å². The van der Waals surface area contributed by atoms with Crippen LogP contribution in [0.15, 0.2) is 30.3 Å². The number of carbonyl (C=O) groups excluding carboxylic acids is 1. The van der Waals surface area contributed by atoms with E-state index in [0.717, 1.165) is 12.6 Å². The molecule has 0 bridgehead atoms. The molecule has 0 aliphatic carbocycles. The molecule has 1 aromatic rings. The van der Waals surface area contributed by atoms with Gasteiger partial charge in [0.05, 0.1) is 0 Å². The number of carboxylic acids is 1. The van der Waals surface area contributed by atoms with E-state index in [-0.39, 0.29) is 5.91 Å². The highest BCUT2D eigenvalue weighted by Gasteiger charge is 2.02. The maximum atomic E-state index is 10.9. The first-order chi connectivity index (χ1) is 6.95. The minimum Gasteiger partial charge on any atom is -0.481 e. The lowest BCUT2D eigenvalue weighted by Crippen LogP contribution is -2.22. The van der Waals surface area contributed by atoms with Crippen molar-refractivity contribution in [1.82, 2.24) is 0 Å². The predicted octanol–water partition coefficient (Wildman–Crippen LogP) is 1.76. The summed E-state index contributed by atoms with van der Waals surface area (Å²) in [5, 5.41) is 7.42. The summed E-state index contributed by atoms with van der Waals surface area (Å²) in [5.41, 5.74) is 0.931. The van der Waals surface area contributed by atoms with Gasteiger partial charge in [-0.05, 0) is 12.1 Å². The quantitative estimate of drug-likeness (QED) is 0.766. The topological polar surface area (TPSA) is 57.6 Å². The van der Waals surface area contributed by atoms with Crippen LogP contribution in [-0.2, 0) is 9.59 Å². The van der Waals surface area contributed by atoms with Gasteiger partial charge in [0.1, 0.15) is 0 Å². The fourth-order valence-corrected chi connectivity index (χ4v) is 0.833. The summed E-state index contributed by atoms with van der Waals surface area (Å²) in [5.74, 6) is -0.781. The van der Waals surface area contributed by atoms with Crippen LogP contribution in [0.2, 0.25) is 0 Å². The predicted molar refractivity (Wildman–Crippen MR) is 58.8 cm³/mol. The van der Waals surface area contributed by atoms with E-state index in [1.165, 1.54) is 0 Å². The van der Waals surface area contributed by atoms with E-state index in [2.05, 4.69) is 0 Å². The molecule has 1 N–H and O–H groups in total. The number of amides is 1. The Labute approximate surface area is 89.1 Å². The van der Waals surface area contributed by atoms with E-state index >= 15 is 0 Å². The van der Waals surface area contributed by atoms with Gasteiger partial charge in [0.25, 0.3) is 5.97 Å². The number of carboxylic acid groups (broad SMARTS) is 1. The Morgan fingerprint density at radius 1 is 1.13 bits per heavy atom. The molecule has 0 fully saturated rings. The van der Waals surface area contributed by atoms with E-state index in [4.69, 9.17) is 9.90 Å². The molecular weight excluding hydrogens is 194 g/mol. The zero-order valence-corrected chi connectivity index (χ0v) is 9.10. The van der Waals surface area contributed by atoms with Crippen molar-refractivity contribution >= 4 is 17.6 Å². The summed E-state index contributed by atoms with van der Waals surface area (Å²) in [6.45, 7) is 2.63. The van der Waals surface area contributed by atoms with Crippen molar-refractivity contribution in [3.63, 3.8) is 0 Å². The third kappa shape index (κ3) is 6.26. The number of rotatable bonds is 1. The summed E-state index contributed by atoms with van der Waals surface area (Å²) < 4.78 is 0. The Morgan fingerprint density at radius 2 is 1.53 bits per heavy atom. The summed E-state index contributed by atoms with van der Waals surface area (Å²) in [6.07, 6.45) is 0. The molecular formula is C11H15NO3. The highest BCUT2D eigenvalue weighted by Crippen LogP contribution is 2.10. The second-order valence-corrected chi connectivity index (χ2v) is 2.93. The Hall–Kier alpha value is -1.84. The maximum absolute atomic E-state index is 10.9. The molecule has 0 saturated carbocycles. The van der Waals surface area contributed by atoms with Crippen LogP contribution in [0.3, 0.4) is 0 Å². The van der Waals surface area contributed by atoms with Gasteiger partial charge in [-0.1, -0.05) is 18.2 Å². The van der Waals surface area contributed by atoms with E-state index in [0.29, 0.717) is 0 Å². The smallest absolute Gasteiger partial charge is 0.300 e. The number of hydrogen-bond donors (Lipinski definition) is 1. The highest BCUT2D eigenvalue weighted by molar-refractivity contribution is 5.90. The number of aliphatic carboxylic acids is 1. The Morgan fingerprint density at radius 3 is 1.87 bits per heavy atom. The molecule has 15 heavy (non-hydrogen) atoms. The molecule has 0 unspecified atom stereocenters. The van der Waals surface area contributed by atoms with Gasteiger partial charge in [-0.3, -0.25) is 9.59 Å². The lowest BCUT2D eigenvalue weighted by molar-refractivity contribution is -0.134. The molecule has 0 radical (unpaired) electrons. The molecule has 0 aromatic heterocycles. The zero-order valence-electron chi connectivity index (χ0n) is 9.10. The second-order valence-electron chi connectivity index (χ2n) is 2.93. The molecule has 1 aromatic carbocycles. The number of hydrogen-bond acceptors (Lipinski definition) is 2. The van der Waals surface area contributed by atoms with Gasteiger partial charge in [-0.25, -0.2) is 0 Å². The number of carbonyl (C=O) groups is 2. The molecule has 0 aliphatic heterocycles. The summed E-state index contributed by atoms with van der Waals surface area (Å²) in [4.78, 5) is 21.5. The largest absolute Gasteiger partial charge is 0.481 e. The second kappa shape index (κ2) is 6.59. The molecule has 1 rings (SSSR count). The molecule has 0 atom stereocenters. The molecule has 1 amide bonds. The normalized spacial score (nSPS) is 8.47. The fourth-order valence-electron chi connectivity index (χ4n) is 0.833. The first-order valence-corrected chi connectivity index (χ1v) is 4.44. The van der Waals surface area contributed by atoms with Gasteiger partial charge >= 0.3 is 0 Å². The Kier molecular flexibility index (Phi) is 5.78. The van der Waals surface area contributed by atoms with Crippen molar-refractivity contribution in [2.24, 2.45) is 0 Å². The molecule has 0 heterocycles. The number of benzene rings is 1. The fraction of sp³-hybridized carbons (Fsp3) is 0.273. The van der Waals surface area contributed by atoms with Crippen LogP contribution >= 0.6 is 0 Å². The minimum absolute atomic E-state index is 0.0520. The maximum Gasteiger partial charge on any atom is 0.300 e. The Balaban J connectivity index is 0.000000423. The molecule has 82 valence electrons. The van der Waals surface area contributed by atoms with Crippen molar-refractivity contribution < 1.29 is 14.7 Å². The average Bonchev–Trinajstić information content (AvgIpc) is 2.17. The standard InChI is InChI=1S/C9H11NO.C2H4O2/c1-8(11)10(2)9-6-4-3-5-7-9;1-2(3)4/h3-7H,1-2H3;1H3,(H,3,4). The van der Waals surface area contributed by atoms with Gasteiger partial charge in [0.15, 0.2) is 0 Å². The first-order valence-electron chi connectivity index (χ1n) is 4.44. The molecule has 4 nitrogen and oxygen atoms in total. The van der Waals surface area contributed by atoms with Gasteiger partial charge in [-0.15, -0.1) is 0 Å². The van der Waals surface area contributed by atoms with Crippen LogP contribution < -0.4 is 4.90 Å². The van der Waals surface area contributed by atoms with Crippen LogP contribution in [0.1, 0.15) is 13.8 Å². The monoisotopic (exact) mass is 209 g/mol. The van der Waals surface area contributed by atoms with Gasteiger partial charge in [0, 0.05) is 26.6 Å². The summed E-state index contributed by atoms with van der Waals surface area (Å²) >= 11 is 0. The van der Waals surface area contributed by atoms with E-state index in [1.807, 2.05) is 30.3 Å². The van der Waals surface area contributed by atoms with Crippen molar-refractivity contribution in [3.05, 3.63) is 30.3 Å². The van der Waals surface area contributed by atoms with Crippen molar-refractivity contribution in [2.45, 2.75) is 13.8 Å². The van der Waals surface area contributed by atoms with Crippen LogP contribution in [0.4, 0.5) is 5.69 Å². The number of para-hydroxylation sites is 1.